The number of rotatable bonds is 2. The Balaban J connectivity index is 2.46. The fourth-order valence-corrected chi connectivity index (χ4v) is 1.54. The number of aliphatic hydroxyl groups is 1. The van der Waals surface area contributed by atoms with E-state index in [1.807, 2.05) is 12.1 Å². The maximum atomic E-state index is 8.98. The number of hydrogen-bond donors (Lipinski definition) is 1. The van der Waals surface area contributed by atoms with Crippen LogP contribution in [-0.4, -0.2) is 15.1 Å². The van der Waals surface area contributed by atoms with Gasteiger partial charge in [0.25, 0.3) is 0 Å². The van der Waals surface area contributed by atoms with Crippen LogP contribution in [0.3, 0.4) is 0 Å². The summed E-state index contributed by atoms with van der Waals surface area (Å²) in [4.78, 5) is 8.23. The second kappa shape index (κ2) is 4.41. The zero-order valence-corrected chi connectivity index (χ0v) is 9.44. The third kappa shape index (κ3) is 2.09. The zero-order chi connectivity index (χ0) is 11.5. The van der Waals surface area contributed by atoms with Gasteiger partial charge in [0, 0.05) is 11.8 Å². The van der Waals surface area contributed by atoms with Gasteiger partial charge in [-0.1, -0.05) is 12.1 Å². The standard InChI is InChI=1S/C13H14N2O/c1-9-3-4-11(7-10(9)2)12-5-6-14-13(8-16)15-12/h3-7,16H,8H2,1-2H3. The fourth-order valence-electron chi connectivity index (χ4n) is 1.54. The van der Waals surface area contributed by atoms with Crippen LogP contribution in [0.2, 0.25) is 0 Å². The van der Waals surface area contributed by atoms with Crippen molar-refractivity contribution in [3.05, 3.63) is 47.4 Å². The van der Waals surface area contributed by atoms with E-state index < -0.39 is 0 Å². The monoisotopic (exact) mass is 214 g/mol. The van der Waals surface area contributed by atoms with E-state index in [0.717, 1.165) is 11.3 Å². The summed E-state index contributed by atoms with van der Waals surface area (Å²) in [7, 11) is 0. The minimum Gasteiger partial charge on any atom is -0.388 e. The Bertz CT molecular complexity index is 509. The van der Waals surface area contributed by atoms with Crippen molar-refractivity contribution in [2.75, 3.05) is 0 Å². The Morgan fingerprint density at radius 1 is 1.12 bits per heavy atom. The van der Waals surface area contributed by atoms with Crippen LogP contribution in [0.15, 0.2) is 30.5 Å². The van der Waals surface area contributed by atoms with E-state index in [1.54, 1.807) is 6.20 Å². The maximum Gasteiger partial charge on any atom is 0.154 e. The summed E-state index contributed by atoms with van der Waals surface area (Å²) < 4.78 is 0. The molecule has 0 radical (unpaired) electrons. The topological polar surface area (TPSA) is 46.0 Å². The minimum atomic E-state index is -0.126. The Hall–Kier alpha value is -1.74. The summed E-state index contributed by atoms with van der Waals surface area (Å²) in [5.74, 6) is 0.454. The first-order valence-corrected chi connectivity index (χ1v) is 5.21. The maximum absolute atomic E-state index is 8.98. The zero-order valence-electron chi connectivity index (χ0n) is 9.44. The van der Waals surface area contributed by atoms with Crippen molar-refractivity contribution < 1.29 is 5.11 Å². The molecule has 0 saturated carbocycles. The molecule has 0 atom stereocenters. The smallest absolute Gasteiger partial charge is 0.154 e. The molecule has 1 aromatic heterocycles. The average Bonchev–Trinajstić information content (AvgIpc) is 2.33. The van der Waals surface area contributed by atoms with Gasteiger partial charge in [0.15, 0.2) is 5.82 Å². The molecule has 0 saturated heterocycles. The quantitative estimate of drug-likeness (QED) is 0.834. The van der Waals surface area contributed by atoms with Crippen LogP contribution in [0.25, 0.3) is 11.3 Å². The summed E-state index contributed by atoms with van der Waals surface area (Å²) in [6, 6.07) is 8.05. The second-order valence-electron chi connectivity index (χ2n) is 3.82. The van der Waals surface area contributed by atoms with Gasteiger partial charge in [0.05, 0.1) is 5.69 Å². The third-order valence-electron chi connectivity index (χ3n) is 2.65. The van der Waals surface area contributed by atoms with Crippen LogP contribution in [-0.2, 0) is 6.61 Å². The first-order chi connectivity index (χ1) is 7.70. The lowest BCUT2D eigenvalue weighted by Gasteiger charge is -2.05. The summed E-state index contributed by atoms with van der Waals surface area (Å²) in [6.45, 7) is 4.03. The molecular formula is C13H14N2O. The number of aromatic nitrogens is 2. The molecule has 1 heterocycles. The fraction of sp³-hybridized carbons (Fsp3) is 0.231. The summed E-state index contributed by atoms with van der Waals surface area (Å²) in [5.41, 5.74) is 4.41. The van der Waals surface area contributed by atoms with Gasteiger partial charge in [-0.2, -0.15) is 0 Å². The van der Waals surface area contributed by atoms with Crippen LogP contribution >= 0.6 is 0 Å². The summed E-state index contributed by atoms with van der Waals surface area (Å²) in [5, 5.41) is 8.98. The van der Waals surface area contributed by atoms with Gasteiger partial charge in [-0.05, 0) is 37.1 Å². The molecule has 0 unspecified atom stereocenters. The highest BCUT2D eigenvalue weighted by Crippen LogP contribution is 2.19. The van der Waals surface area contributed by atoms with Crippen LogP contribution in [0, 0.1) is 13.8 Å². The van der Waals surface area contributed by atoms with Gasteiger partial charge in [0.1, 0.15) is 6.61 Å². The van der Waals surface area contributed by atoms with Crippen molar-refractivity contribution in [2.45, 2.75) is 20.5 Å². The lowest BCUT2D eigenvalue weighted by Crippen LogP contribution is -1.95. The van der Waals surface area contributed by atoms with Crippen molar-refractivity contribution in [1.29, 1.82) is 0 Å². The first kappa shape index (κ1) is 10.8. The van der Waals surface area contributed by atoms with E-state index in [0.29, 0.717) is 5.82 Å². The molecule has 1 N–H and O–H groups in total. The van der Waals surface area contributed by atoms with Crippen LogP contribution in [0.5, 0.6) is 0 Å². The molecule has 0 aliphatic rings. The largest absolute Gasteiger partial charge is 0.388 e. The van der Waals surface area contributed by atoms with Crippen molar-refractivity contribution >= 4 is 0 Å². The summed E-state index contributed by atoms with van der Waals surface area (Å²) >= 11 is 0. The number of hydrogen-bond acceptors (Lipinski definition) is 3. The molecule has 1 aromatic carbocycles. The second-order valence-corrected chi connectivity index (χ2v) is 3.82. The van der Waals surface area contributed by atoms with E-state index in [-0.39, 0.29) is 6.61 Å². The van der Waals surface area contributed by atoms with E-state index in [9.17, 15) is 0 Å². The van der Waals surface area contributed by atoms with Gasteiger partial charge in [-0.25, -0.2) is 9.97 Å². The van der Waals surface area contributed by atoms with Gasteiger partial charge in [-0.15, -0.1) is 0 Å². The van der Waals surface area contributed by atoms with E-state index in [2.05, 4.69) is 35.9 Å². The average molecular weight is 214 g/mol. The van der Waals surface area contributed by atoms with Crippen molar-refractivity contribution in [2.24, 2.45) is 0 Å². The Morgan fingerprint density at radius 3 is 2.62 bits per heavy atom. The Kier molecular flexibility index (Phi) is 2.97. The number of aliphatic hydroxyl groups excluding tert-OH is 1. The molecule has 2 aromatic rings. The number of benzene rings is 1. The SMILES string of the molecule is Cc1ccc(-c2ccnc(CO)n2)cc1C. The molecule has 3 heteroatoms. The highest BCUT2D eigenvalue weighted by molar-refractivity contribution is 5.60. The molecule has 16 heavy (non-hydrogen) atoms. The number of aryl methyl sites for hydroxylation is 2. The molecule has 0 amide bonds. The van der Waals surface area contributed by atoms with Gasteiger partial charge in [0.2, 0.25) is 0 Å². The lowest BCUT2D eigenvalue weighted by molar-refractivity contribution is 0.271. The number of nitrogens with zero attached hydrogens (tertiary/aromatic N) is 2. The van der Waals surface area contributed by atoms with Crippen molar-refractivity contribution in [3.63, 3.8) is 0 Å². The van der Waals surface area contributed by atoms with Crippen molar-refractivity contribution in [3.8, 4) is 11.3 Å². The highest BCUT2D eigenvalue weighted by Gasteiger charge is 2.02. The Morgan fingerprint density at radius 2 is 1.94 bits per heavy atom. The molecule has 0 aliphatic carbocycles. The summed E-state index contributed by atoms with van der Waals surface area (Å²) in [6.07, 6.45) is 1.67. The highest BCUT2D eigenvalue weighted by atomic mass is 16.3. The Labute approximate surface area is 94.8 Å². The van der Waals surface area contributed by atoms with Gasteiger partial charge >= 0.3 is 0 Å². The van der Waals surface area contributed by atoms with Crippen molar-refractivity contribution in [1.82, 2.24) is 9.97 Å². The van der Waals surface area contributed by atoms with Gasteiger partial charge in [-0.3, -0.25) is 0 Å². The molecule has 0 aliphatic heterocycles. The van der Waals surface area contributed by atoms with E-state index in [1.165, 1.54) is 11.1 Å². The first-order valence-electron chi connectivity index (χ1n) is 5.21. The third-order valence-corrected chi connectivity index (χ3v) is 2.65. The molecule has 3 nitrogen and oxygen atoms in total. The predicted molar refractivity (Wildman–Crippen MR) is 62.9 cm³/mol. The predicted octanol–water partition coefficient (Wildman–Crippen LogP) is 2.25. The molecule has 0 bridgehead atoms. The van der Waals surface area contributed by atoms with Crippen LogP contribution < -0.4 is 0 Å². The minimum absolute atomic E-state index is 0.126. The van der Waals surface area contributed by atoms with Crippen LogP contribution in [0.4, 0.5) is 0 Å². The molecular weight excluding hydrogens is 200 g/mol. The lowest BCUT2D eigenvalue weighted by atomic mass is 10.0. The molecule has 2 rings (SSSR count). The van der Waals surface area contributed by atoms with E-state index >= 15 is 0 Å². The van der Waals surface area contributed by atoms with Crippen LogP contribution in [0.1, 0.15) is 17.0 Å². The van der Waals surface area contributed by atoms with Gasteiger partial charge < -0.3 is 5.11 Å². The molecule has 82 valence electrons. The molecule has 0 spiro atoms. The molecule has 0 fully saturated rings. The normalized spacial score (nSPS) is 10.4. The van der Waals surface area contributed by atoms with E-state index in [4.69, 9.17) is 5.11 Å².